The number of amides is 2. The van der Waals surface area contributed by atoms with E-state index in [4.69, 9.17) is 0 Å². The van der Waals surface area contributed by atoms with E-state index in [9.17, 15) is 18.0 Å². The van der Waals surface area contributed by atoms with Gasteiger partial charge in [0.25, 0.3) is 0 Å². The third kappa shape index (κ3) is 5.08. The Morgan fingerprint density at radius 2 is 1.50 bits per heavy atom. The average Bonchev–Trinajstić information content (AvgIpc) is 2.79. The number of anilines is 4. The van der Waals surface area contributed by atoms with E-state index in [1.165, 1.54) is 24.5 Å². The maximum Gasteiger partial charge on any atom is 0.418 e. The zero-order chi connectivity index (χ0) is 22.6. The van der Waals surface area contributed by atoms with Crippen LogP contribution in [0.2, 0.25) is 0 Å². The third-order valence-electron chi connectivity index (χ3n) is 5.10. The molecular weight excluding hydrogens is 421 g/mol. The fraction of sp³-hybridized carbons (Fsp3) is 0.227. The van der Waals surface area contributed by atoms with Crippen LogP contribution in [-0.2, 0) is 6.18 Å². The van der Waals surface area contributed by atoms with Gasteiger partial charge in [-0.25, -0.2) is 14.8 Å². The van der Waals surface area contributed by atoms with Crippen molar-refractivity contribution in [1.82, 2.24) is 9.97 Å². The molecule has 1 aromatic heterocycles. The predicted molar refractivity (Wildman–Crippen MR) is 117 cm³/mol. The van der Waals surface area contributed by atoms with Gasteiger partial charge < -0.3 is 15.1 Å². The lowest BCUT2D eigenvalue weighted by Gasteiger charge is -2.36. The van der Waals surface area contributed by atoms with Gasteiger partial charge in [-0.05, 0) is 24.3 Å². The van der Waals surface area contributed by atoms with Crippen molar-refractivity contribution in [3.05, 3.63) is 72.6 Å². The minimum atomic E-state index is -4.58. The molecule has 4 rings (SSSR count). The van der Waals surface area contributed by atoms with Gasteiger partial charge in [-0.3, -0.25) is 5.32 Å². The first kappa shape index (κ1) is 21.4. The Labute approximate surface area is 182 Å². The van der Waals surface area contributed by atoms with E-state index in [1.54, 1.807) is 6.07 Å². The van der Waals surface area contributed by atoms with Crippen LogP contribution in [0.4, 0.5) is 41.0 Å². The number of para-hydroxylation sites is 2. The molecule has 3 aromatic rings. The summed E-state index contributed by atoms with van der Waals surface area (Å²) in [5.41, 5.74) is -0.0911. The molecule has 0 bridgehead atoms. The number of piperazine rings is 1. The molecule has 0 aliphatic carbocycles. The van der Waals surface area contributed by atoms with Crippen molar-refractivity contribution >= 4 is 29.0 Å². The number of hydrogen-bond donors (Lipinski definition) is 2. The number of carbonyl (C=O) groups excluding carboxylic acids is 1. The summed E-state index contributed by atoms with van der Waals surface area (Å²) in [5.74, 6) is 0.834. The summed E-state index contributed by atoms with van der Waals surface area (Å²) in [7, 11) is 0. The van der Waals surface area contributed by atoms with Crippen molar-refractivity contribution in [2.45, 2.75) is 6.18 Å². The van der Waals surface area contributed by atoms with Crippen LogP contribution in [0.1, 0.15) is 5.56 Å². The summed E-state index contributed by atoms with van der Waals surface area (Å²) in [5, 5.41) is 4.72. The molecule has 0 radical (unpaired) electrons. The minimum Gasteiger partial charge on any atom is -0.368 e. The second-order valence-electron chi connectivity index (χ2n) is 7.19. The first-order valence-electron chi connectivity index (χ1n) is 10.0. The van der Waals surface area contributed by atoms with Gasteiger partial charge >= 0.3 is 12.2 Å². The number of rotatable bonds is 4. The molecule has 32 heavy (non-hydrogen) atoms. The maximum absolute atomic E-state index is 13.1. The van der Waals surface area contributed by atoms with Crippen molar-refractivity contribution in [2.24, 2.45) is 0 Å². The number of hydrogen-bond acceptors (Lipinski definition) is 5. The molecular formula is C22H21F3N6O. The van der Waals surface area contributed by atoms with Crippen molar-refractivity contribution in [3.63, 3.8) is 0 Å². The Kier molecular flexibility index (Phi) is 6.11. The standard InChI is InChI=1S/C22H21F3N6O/c23-22(24,25)17-8-4-5-9-18(17)28-21(32)29-19-14-20(27-15-26-19)31-12-10-30(11-13-31)16-6-2-1-3-7-16/h1-9,14-15H,10-13H2,(H2,26,27,28,29,32). The molecule has 166 valence electrons. The van der Waals surface area contributed by atoms with Crippen LogP contribution >= 0.6 is 0 Å². The van der Waals surface area contributed by atoms with Gasteiger partial charge in [0.2, 0.25) is 0 Å². The van der Waals surface area contributed by atoms with Gasteiger partial charge in [0.05, 0.1) is 11.3 Å². The van der Waals surface area contributed by atoms with Crippen LogP contribution < -0.4 is 20.4 Å². The monoisotopic (exact) mass is 442 g/mol. The number of halogens is 3. The summed E-state index contributed by atoms with van der Waals surface area (Å²) in [6, 6.07) is 15.7. The van der Waals surface area contributed by atoms with Crippen molar-refractivity contribution in [3.8, 4) is 0 Å². The molecule has 1 fully saturated rings. The van der Waals surface area contributed by atoms with Crippen molar-refractivity contribution in [1.29, 1.82) is 0 Å². The van der Waals surface area contributed by atoms with Crippen LogP contribution in [0.5, 0.6) is 0 Å². The van der Waals surface area contributed by atoms with Crippen LogP contribution in [0.25, 0.3) is 0 Å². The largest absolute Gasteiger partial charge is 0.418 e. The fourth-order valence-corrected chi connectivity index (χ4v) is 3.53. The summed E-state index contributed by atoms with van der Waals surface area (Å²) in [4.78, 5) is 24.9. The second kappa shape index (κ2) is 9.13. The molecule has 2 N–H and O–H groups in total. The summed E-state index contributed by atoms with van der Waals surface area (Å²) in [6.07, 6.45) is -3.26. The highest BCUT2D eigenvalue weighted by atomic mass is 19.4. The molecule has 0 unspecified atom stereocenters. The normalized spacial score (nSPS) is 14.2. The summed E-state index contributed by atoms with van der Waals surface area (Å²) in [6.45, 7) is 3.09. The predicted octanol–water partition coefficient (Wildman–Crippen LogP) is 4.47. The lowest BCUT2D eigenvalue weighted by atomic mass is 10.1. The minimum absolute atomic E-state index is 0.197. The van der Waals surface area contributed by atoms with Gasteiger partial charge in [-0.2, -0.15) is 13.2 Å². The highest BCUT2D eigenvalue weighted by Gasteiger charge is 2.33. The molecule has 2 aromatic carbocycles. The molecule has 10 heteroatoms. The smallest absolute Gasteiger partial charge is 0.368 e. The highest BCUT2D eigenvalue weighted by Crippen LogP contribution is 2.34. The van der Waals surface area contributed by atoms with Gasteiger partial charge in [-0.1, -0.05) is 30.3 Å². The lowest BCUT2D eigenvalue weighted by molar-refractivity contribution is -0.136. The zero-order valence-electron chi connectivity index (χ0n) is 17.0. The number of alkyl halides is 3. The number of carbonyl (C=O) groups is 1. The van der Waals surface area contributed by atoms with Crippen LogP contribution in [0, 0.1) is 0 Å². The molecule has 1 aliphatic rings. The van der Waals surface area contributed by atoms with Crippen LogP contribution in [0.15, 0.2) is 67.0 Å². The second-order valence-corrected chi connectivity index (χ2v) is 7.19. The zero-order valence-corrected chi connectivity index (χ0v) is 17.0. The molecule has 0 saturated carbocycles. The first-order chi connectivity index (χ1) is 15.4. The molecule has 1 saturated heterocycles. The van der Waals surface area contributed by atoms with E-state index in [0.717, 1.165) is 37.9 Å². The molecule has 2 amide bonds. The van der Waals surface area contributed by atoms with Gasteiger partial charge in [-0.15, -0.1) is 0 Å². The maximum atomic E-state index is 13.1. The molecule has 2 heterocycles. The number of benzene rings is 2. The quantitative estimate of drug-likeness (QED) is 0.624. The lowest BCUT2D eigenvalue weighted by Crippen LogP contribution is -2.46. The van der Waals surface area contributed by atoms with Gasteiger partial charge in [0, 0.05) is 37.9 Å². The van der Waals surface area contributed by atoms with Crippen LogP contribution in [0.3, 0.4) is 0 Å². The van der Waals surface area contributed by atoms with E-state index >= 15 is 0 Å². The number of urea groups is 1. The molecule has 0 spiro atoms. The highest BCUT2D eigenvalue weighted by molar-refractivity contribution is 5.99. The van der Waals surface area contributed by atoms with E-state index in [0.29, 0.717) is 5.82 Å². The Balaban J connectivity index is 1.38. The SMILES string of the molecule is O=C(Nc1cc(N2CCN(c3ccccc3)CC2)ncn1)Nc1ccccc1C(F)(F)F. The Morgan fingerprint density at radius 3 is 2.22 bits per heavy atom. The average molecular weight is 442 g/mol. The van der Waals surface area contributed by atoms with E-state index < -0.39 is 17.8 Å². The molecule has 1 aliphatic heterocycles. The van der Waals surface area contributed by atoms with E-state index in [1.807, 2.05) is 18.2 Å². The topological polar surface area (TPSA) is 73.4 Å². The summed E-state index contributed by atoms with van der Waals surface area (Å²) < 4.78 is 39.4. The van der Waals surface area contributed by atoms with Gasteiger partial charge in [0.15, 0.2) is 0 Å². The number of nitrogens with zero attached hydrogens (tertiary/aromatic N) is 4. The van der Waals surface area contributed by atoms with Crippen LogP contribution in [-0.4, -0.2) is 42.2 Å². The Hall–Kier alpha value is -3.82. The number of aromatic nitrogens is 2. The van der Waals surface area contributed by atoms with Gasteiger partial charge in [0.1, 0.15) is 18.0 Å². The molecule has 7 nitrogen and oxygen atoms in total. The number of nitrogens with one attached hydrogen (secondary N) is 2. The third-order valence-corrected chi connectivity index (χ3v) is 5.10. The fourth-order valence-electron chi connectivity index (χ4n) is 3.53. The van der Waals surface area contributed by atoms with E-state index in [2.05, 4.69) is 42.5 Å². The summed E-state index contributed by atoms with van der Waals surface area (Å²) >= 11 is 0. The van der Waals surface area contributed by atoms with E-state index in [-0.39, 0.29) is 11.5 Å². The first-order valence-corrected chi connectivity index (χ1v) is 10.0. The van der Waals surface area contributed by atoms with Crippen molar-refractivity contribution < 1.29 is 18.0 Å². The Morgan fingerprint density at radius 1 is 0.844 bits per heavy atom. The van der Waals surface area contributed by atoms with Crippen molar-refractivity contribution in [2.75, 3.05) is 46.6 Å². The Bertz CT molecular complexity index is 1070. The molecule has 0 atom stereocenters.